The molecule has 144 valence electrons. The van der Waals surface area contributed by atoms with E-state index in [2.05, 4.69) is 31.1 Å². The molecule has 1 amide bonds. The third-order valence-corrected chi connectivity index (χ3v) is 5.57. The highest BCUT2D eigenvalue weighted by Crippen LogP contribution is 2.39. The molecule has 3 aromatic rings. The molecule has 0 spiro atoms. The van der Waals surface area contributed by atoms with Gasteiger partial charge in [0, 0.05) is 15.4 Å². The number of hydrogen-bond acceptors (Lipinski definition) is 4. The highest BCUT2D eigenvalue weighted by atomic mass is 79.9. The zero-order valence-corrected chi connectivity index (χ0v) is 17.0. The Hall–Kier alpha value is -2.51. The van der Waals surface area contributed by atoms with Gasteiger partial charge < -0.3 is 5.11 Å². The molecule has 1 aromatic heterocycles. The standard InChI is InChI=1S/C21H21BrN4O2/c22-16-10-8-15(9-11-16)20(27)24-23-19-17-6-2-3-7-18(17)26(21(19)28)14-25-12-4-1-5-13-25/h2-3,6-11,28H,1,4-5,12-14H2. The van der Waals surface area contributed by atoms with Crippen molar-refractivity contribution in [3.8, 4) is 5.88 Å². The number of rotatable bonds is 4. The molecule has 7 heteroatoms. The molecule has 4 rings (SSSR count). The highest BCUT2D eigenvalue weighted by molar-refractivity contribution is 9.10. The van der Waals surface area contributed by atoms with Crippen LogP contribution >= 0.6 is 15.9 Å². The van der Waals surface area contributed by atoms with Crippen LogP contribution in [0.3, 0.4) is 0 Å². The van der Waals surface area contributed by atoms with Crippen molar-refractivity contribution < 1.29 is 9.90 Å². The van der Waals surface area contributed by atoms with E-state index in [9.17, 15) is 9.90 Å². The maximum absolute atomic E-state index is 12.3. The number of nitrogens with zero attached hydrogens (tertiary/aromatic N) is 4. The minimum Gasteiger partial charge on any atom is -0.493 e. The summed E-state index contributed by atoms with van der Waals surface area (Å²) in [6.45, 7) is 2.64. The molecule has 0 aliphatic carbocycles. The van der Waals surface area contributed by atoms with Gasteiger partial charge in [0.2, 0.25) is 5.88 Å². The van der Waals surface area contributed by atoms with Crippen LogP contribution in [0.25, 0.3) is 10.9 Å². The number of fused-ring (bicyclic) bond motifs is 1. The third-order valence-electron chi connectivity index (χ3n) is 5.04. The van der Waals surface area contributed by atoms with Gasteiger partial charge in [-0.25, -0.2) is 0 Å². The summed E-state index contributed by atoms with van der Waals surface area (Å²) in [5.41, 5.74) is 1.66. The summed E-state index contributed by atoms with van der Waals surface area (Å²) >= 11 is 3.35. The Morgan fingerprint density at radius 1 is 1.04 bits per heavy atom. The summed E-state index contributed by atoms with van der Waals surface area (Å²) in [7, 11) is 0. The zero-order valence-electron chi connectivity index (χ0n) is 15.4. The van der Waals surface area contributed by atoms with Crippen molar-refractivity contribution in [2.75, 3.05) is 13.1 Å². The minimum atomic E-state index is -0.445. The van der Waals surface area contributed by atoms with Gasteiger partial charge in [0.25, 0.3) is 5.91 Å². The van der Waals surface area contributed by atoms with Crippen LogP contribution in [0.4, 0.5) is 5.69 Å². The SMILES string of the molecule is O=C(N=Nc1c(O)n(CN2CCCCC2)c2ccccc12)c1ccc(Br)cc1. The maximum Gasteiger partial charge on any atom is 0.295 e. The van der Waals surface area contributed by atoms with E-state index in [1.807, 2.05) is 28.8 Å². The quantitative estimate of drug-likeness (QED) is 0.546. The highest BCUT2D eigenvalue weighted by Gasteiger charge is 2.19. The monoisotopic (exact) mass is 440 g/mol. The number of halogens is 1. The van der Waals surface area contributed by atoms with E-state index in [1.165, 1.54) is 19.3 Å². The van der Waals surface area contributed by atoms with Crippen molar-refractivity contribution in [1.82, 2.24) is 9.47 Å². The van der Waals surface area contributed by atoms with Crippen LogP contribution in [0.15, 0.2) is 63.2 Å². The summed E-state index contributed by atoms with van der Waals surface area (Å²) in [6, 6.07) is 14.6. The van der Waals surface area contributed by atoms with Gasteiger partial charge >= 0.3 is 0 Å². The lowest BCUT2D eigenvalue weighted by atomic mass is 10.1. The average molecular weight is 441 g/mol. The van der Waals surface area contributed by atoms with Gasteiger partial charge in [-0.1, -0.05) is 40.5 Å². The second-order valence-electron chi connectivity index (χ2n) is 6.95. The van der Waals surface area contributed by atoms with Crippen LogP contribution in [0.1, 0.15) is 29.6 Å². The first kappa shape index (κ1) is 18.8. The molecule has 0 unspecified atom stereocenters. The van der Waals surface area contributed by atoms with Gasteiger partial charge in [0.05, 0.1) is 12.2 Å². The Balaban J connectivity index is 1.65. The summed E-state index contributed by atoms with van der Waals surface area (Å²) in [5.74, 6) is -0.404. The van der Waals surface area contributed by atoms with Crippen LogP contribution < -0.4 is 0 Å². The van der Waals surface area contributed by atoms with Gasteiger partial charge in [-0.15, -0.1) is 10.2 Å². The van der Waals surface area contributed by atoms with Gasteiger partial charge in [-0.05, 0) is 56.3 Å². The summed E-state index contributed by atoms with van der Waals surface area (Å²) in [5, 5.41) is 19.6. The molecule has 1 saturated heterocycles. The fourth-order valence-electron chi connectivity index (χ4n) is 3.56. The lowest BCUT2D eigenvalue weighted by molar-refractivity contribution is 0.0995. The molecule has 2 heterocycles. The van der Waals surface area contributed by atoms with Crippen molar-refractivity contribution in [1.29, 1.82) is 0 Å². The predicted octanol–water partition coefficient (Wildman–Crippen LogP) is 5.48. The molecular weight excluding hydrogens is 420 g/mol. The van der Waals surface area contributed by atoms with E-state index in [0.29, 0.717) is 17.9 Å². The molecule has 0 radical (unpaired) electrons. The smallest absolute Gasteiger partial charge is 0.295 e. The Labute approximate surface area is 171 Å². The largest absolute Gasteiger partial charge is 0.493 e. The number of piperidine rings is 1. The topological polar surface area (TPSA) is 70.2 Å². The van der Waals surface area contributed by atoms with Crippen LogP contribution in [-0.4, -0.2) is 33.6 Å². The maximum atomic E-state index is 12.3. The summed E-state index contributed by atoms with van der Waals surface area (Å²) < 4.78 is 2.73. The first-order valence-corrected chi connectivity index (χ1v) is 10.2. The molecule has 2 aromatic carbocycles. The number of carbonyl (C=O) groups is 1. The lowest BCUT2D eigenvalue weighted by Gasteiger charge is -2.27. The molecule has 1 fully saturated rings. The number of para-hydroxylation sites is 1. The molecule has 0 saturated carbocycles. The summed E-state index contributed by atoms with van der Waals surface area (Å²) in [6.07, 6.45) is 3.61. The second kappa shape index (κ2) is 8.24. The van der Waals surface area contributed by atoms with E-state index >= 15 is 0 Å². The van der Waals surface area contributed by atoms with Crippen molar-refractivity contribution in [2.45, 2.75) is 25.9 Å². The molecule has 1 aliphatic heterocycles. The van der Waals surface area contributed by atoms with E-state index in [4.69, 9.17) is 0 Å². The Morgan fingerprint density at radius 2 is 1.75 bits per heavy atom. The van der Waals surface area contributed by atoms with Crippen LogP contribution in [0.5, 0.6) is 5.88 Å². The summed E-state index contributed by atoms with van der Waals surface area (Å²) in [4.78, 5) is 14.7. The number of likely N-dealkylation sites (tertiary alicyclic amines) is 1. The fraction of sp³-hybridized carbons (Fsp3) is 0.286. The Bertz CT molecular complexity index is 1020. The van der Waals surface area contributed by atoms with Crippen LogP contribution in [-0.2, 0) is 6.67 Å². The van der Waals surface area contributed by atoms with Gasteiger partial charge in [-0.2, -0.15) is 0 Å². The average Bonchev–Trinajstić information content (AvgIpc) is 2.99. The number of benzene rings is 2. The van der Waals surface area contributed by atoms with E-state index in [-0.39, 0.29) is 5.88 Å². The number of aromatic hydroxyl groups is 1. The van der Waals surface area contributed by atoms with Gasteiger partial charge in [0.15, 0.2) is 5.69 Å². The number of aromatic nitrogens is 1. The Kier molecular flexibility index (Phi) is 5.54. The lowest BCUT2D eigenvalue weighted by Crippen LogP contribution is -2.31. The van der Waals surface area contributed by atoms with Crippen molar-refractivity contribution >= 4 is 38.4 Å². The van der Waals surface area contributed by atoms with Crippen LogP contribution in [0, 0.1) is 0 Å². The van der Waals surface area contributed by atoms with Gasteiger partial charge in [0.1, 0.15) is 0 Å². The van der Waals surface area contributed by atoms with E-state index in [0.717, 1.165) is 28.5 Å². The molecule has 0 atom stereocenters. The number of hydrogen-bond donors (Lipinski definition) is 1. The first-order chi connectivity index (χ1) is 13.6. The second-order valence-corrected chi connectivity index (χ2v) is 7.87. The third kappa shape index (κ3) is 3.86. The van der Waals surface area contributed by atoms with Crippen LogP contribution in [0.2, 0.25) is 0 Å². The molecule has 1 aliphatic rings. The van der Waals surface area contributed by atoms with E-state index < -0.39 is 5.91 Å². The van der Waals surface area contributed by atoms with Crippen molar-refractivity contribution in [3.05, 3.63) is 58.6 Å². The molecule has 1 N–H and O–H groups in total. The molecule has 0 bridgehead atoms. The normalized spacial score (nSPS) is 15.5. The molecule has 28 heavy (non-hydrogen) atoms. The van der Waals surface area contributed by atoms with Gasteiger partial charge in [-0.3, -0.25) is 14.3 Å². The molecular formula is C21H21BrN4O2. The van der Waals surface area contributed by atoms with Crippen molar-refractivity contribution in [3.63, 3.8) is 0 Å². The van der Waals surface area contributed by atoms with Crippen molar-refractivity contribution in [2.24, 2.45) is 10.2 Å². The Morgan fingerprint density at radius 3 is 2.50 bits per heavy atom. The molecule has 6 nitrogen and oxygen atoms in total. The number of amides is 1. The predicted molar refractivity (Wildman–Crippen MR) is 112 cm³/mol. The first-order valence-electron chi connectivity index (χ1n) is 9.37. The fourth-order valence-corrected chi connectivity index (χ4v) is 3.82. The number of carbonyl (C=O) groups excluding carboxylic acids is 1. The van der Waals surface area contributed by atoms with E-state index in [1.54, 1.807) is 24.3 Å². The minimum absolute atomic E-state index is 0.0409. The zero-order chi connectivity index (χ0) is 19.5. The number of azo groups is 1.